The number of aryl methyl sites for hydroxylation is 2. The van der Waals surface area contributed by atoms with Crippen LogP contribution in [0.3, 0.4) is 0 Å². The van der Waals surface area contributed by atoms with Gasteiger partial charge in [-0.05, 0) is 12.1 Å². The second kappa shape index (κ2) is 2.98. The van der Waals surface area contributed by atoms with Gasteiger partial charge in [0.1, 0.15) is 5.65 Å². The molecule has 0 atom stereocenters. The smallest absolute Gasteiger partial charge is 0.251 e. The third kappa shape index (κ3) is 0.999. The van der Waals surface area contributed by atoms with Crippen LogP contribution >= 0.6 is 0 Å². The number of fused-ring (bicyclic) bond motifs is 3. The van der Waals surface area contributed by atoms with Crippen molar-refractivity contribution in [3.05, 3.63) is 46.8 Å². The largest absolute Gasteiger partial charge is 0.330 e. The summed E-state index contributed by atoms with van der Waals surface area (Å²) < 4.78 is 3.75. The minimum Gasteiger partial charge on any atom is -0.330 e. The molecule has 0 amide bonds. The van der Waals surface area contributed by atoms with Crippen molar-refractivity contribution < 1.29 is 0 Å². The molecule has 16 heavy (non-hydrogen) atoms. The number of aromatic nitrogens is 2. The van der Waals surface area contributed by atoms with E-state index in [9.17, 15) is 4.79 Å². The second-order valence-corrected chi connectivity index (χ2v) is 4.04. The monoisotopic (exact) mass is 212 g/mol. The molecule has 2 aromatic heterocycles. The zero-order chi connectivity index (χ0) is 11.3. The maximum Gasteiger partial charge on any atom is 0.251 e. The van der Waals surface area contributed by atoms with Gasteiger partial charge in [-0.25, -0.2) is 0 Å². The summed E-state index contributed by atoms with van der Waals surface area (Å²) in [5.41, 5.74) is 2.14. The van der Waals surface area contributed by atoms with E-state index in [-0.39, 0.29) is 5.56 Å². The fourth-order valence-corrected chi connectivity index (χ4v) is 2.35. The highest BCUT2D eigenvalue weighted by Crippen LogP contribution is 2.25. The van der Waals surface area contributed by atoms with Gasteiger partial charge in [-0.15, -0.1) is 0 Å². The summed E-state index contributed by atoms with van der Waals surface area (Å²) in [6, 6.07) is 11.7. The van der Waals surface area contributed by atoms with Gasteiger partial charge in [0.05, 0.1) is 5.52 Å². The number of hydrogen-bond donors (Lipinski definition) is 0. The third-order valence-corrected chi connectivity index (χ3v) is 3.16. The van der Waals surface area contributed by atoms with Gasteiger partial charge in [0.15, 0.2) is 0 Å². The Kier molecular flexibility index (Phi) is 1.72. The predicted molar refractivity (Wildman–Crippen MR) is 65.7 cm³/mol. The Hall–Kier alpha value is -2.03. The molecule has 0 spiro atoms. The lowest BCUT2D eigenvalue weighted by Crippen LogP contribution is -2.16. The lowest BCUT2D eigenvalue weighted by molar-refractivity contribution is 0.845. The fourth-order valence-electron chi connectivity index (χ4n) is 2.35. The van der Waals surface area contributed by atoms with Crippen molar-refractivity contribution in [2.75, 3.05) is 0 Å². The number of nitrogens with zero attached hydrogens (tertiary/aromatic N) is 2. The van der Waals surface area contributed by atoms with Gasteiger partial charge in [0.2, 0.25) is 0 Å². The Balaban J connectivity index is 2.72. The van der Waals surface area contributed by atoms with E-state index in [0.29, 0.717) is 0 Å². The summed E-state index contributed by atoms with van der Waals surface area (Å²) in [6.45, 7) is 0. The van der Waals surface area contributed by atoms with Crippen molar-refractivity contribution in [3.8, 4) is 0 Å². The first-order valence-electron chi connectivity index (χ1n) is 5.23. The van der Waals surface area contributed by atoms with Crippen LogP contribution in [0.15, 0.2) is 41.2 Å². The van der Waals surface area contributed by atoms with Crippen molar-refractivity contribution in [1.82, 2.24) is 9.13 Å². The van der Waals surface area contributed by atoms with E-state index in [1.807, 2.05) is 32.3 Å². The van der Waals surface area contributed by atoms with Crippen LogP contribution in [0.1, 0.15) is 0 Å². The fraction of sp³-hybridized carbons (Fsp3) is 0.154. The Morgan fingerprint density at radius 1 is 0.875 bits per heavy atom. The van der Waals surface area contributed by atoms with Crippen LogP contribution in [0.2, 0.25) is 0 Å². The molecule has 3 aromatic rings. The van der Waals surface area contributed by atoms with Crippen LogP contribution in [-0.4, -0.2) is 9.13 Å². The Labute approximate surface area is 92.5 Å². The molecule has 3 nitrogen and oxygen atoms in total. The van der Waals surface area contributed by atoms with Crippen molar-refractivity contribution in [3.63, 3.8) is 0 Å². The van der Waals surface area contributed by atoms with E-state index in [1.54, 1.807) is 10.6 Å². The molecule has 0 radical (unpaired) electrons. The summed E-state index contributed by atoms with van der Waals surface area (Å²) in [5.74, 6) is 0. The molecule has 0 saturated heterocycles. The van der Waals surface area contributed by atoms with Crippen molar-refractivity contribution in [1.29, 1.82) is 0 Å². The van der Waals surface area contributed by atoms with E-state index in [2.05, 4.69) is 16.7 Å². The SMILES string of the molecule is Cn1c(=O)ccc2c3ccccc3n(C)c21. The second-order valence-electron chi connectivity index (χ2n) is 4.04. The van der Waals surface area contributed by atoms with E-state index in [0.717, 1.165) is 16.6 Å². The number of rotatable bonds is 0. The lowest BCUT2D eigenvalue weighted by Gasteiger charge is -2.02. The maximum atomic E-state index is 11.6. The molecule has 0 unspecified atom stereocenters. The number of pyridine rings is 1. The molecule has 80 valence electrons. The zero-order valence-corrected chi connectivity index (χ0v) is 9.27. The number of para-hydroxylation sites is 1. The molecule has 3 rings (SSSR count). The van der Waals surface area contributed by atoms with E-state index >= 15 is 0 Å². The minimum atomic E-state index is 0.0263. The summed E-state index contributed by atoms with van der Waals surface area (Å²) in [4.78, 5) is 11.6. The third-order valence-electron chi connectivity index (χ3n) is 3.16. The first-order chi connectivity index (χ1) is 7.70. The van der Waals surface area contributed by atoms with Crippen molar-refractivity contribution >= 4 is 21.9 Å². The van der Waals surface area contributed by atoms with Crippen molar-refractivity contribution in [2.45, 2.75) is 0 Å². The van der Waals surface area contributed by atoms with Crippen LogP contribution in [0.4, 0.5) is 0 Å². The molecule has 3 heteroatoms. The molecular formula is C13H12N2O. The Morgan fingerprint density at radius 3 is 2.44 bits per heavy atom. The maximum absolute atomic E-state index is 11.6. The van der Waals surface area contributed by atoms with Gasteiger partial charge >= 0.3 is 0 Å². The van der Waals surface area contributed by atoms with Crippen LogP contribution in [0.5, 0.6) is 0 Å². The average Bonchev–Trinajstić information content (AvgIpc) is 2.59. The number of benzene rings is 1. The average molecular weight is 212 g/mol. The van der Waals surface area contributed by atoms with Crippen LogP contribution in [0, 0.1) is 0 Å². The zero-order valence-electron chi connectivity index (χ0n) is 9.27. The first-order valence-corrected chi connectivity index (χ1v) is 5.23. The molecule has 2 heterocycles. The lowest BCUT2D eigenvalue weighted by atomic mass is 10.2. The van der Waals surface area contributed by atoms with Gasteiger partial charge < -0.3 is 4.57 Å². The normalized spacial score (nSPS) is 11.4. The van der Waals surface area contributed by atoms with Gasteiger partial charge in [-0.2, -0.15) is 0 Å². The van der Waals surface area contributed by atoms with Crippen LogP contribution in [0.25, 0.3) is 21.9 Å². The van der Waals surface area contributed by atoms with Crippen LogP contribution in [-0.2, 0) is 14.1 Å². The quantitative estimate of drug-likeness (QED) is 0.560. The van der Waals surface area contributed by atoms with E-state index in [4.69, 9.17) is 0 Å². The predicted octanol–water partition coefficient (Wildman–Crippen LogP) is 2.03. The van der Waals surface area contributed by atoms with Crippen molar-refractivity contribution in [2.24, 2.45) is 14.1 Å². The Morgan fingerprint density at radius 2 is 1.62 bits per heavy atom. The summed E-state index contributed by atoms with van der Waals surface area (Å²) in [5, 5.41) is 2.32. The molecule has 0 aliphatic rings. The highest BCUT2D eigenvalue weighted by molar-refractivity contribution is 6.06. The molecule has 0 N–H and O–H groups in total. The summed E-state index contributed by atoms with van der Waals surface area (Å²) in [6.07, 6.45) is 0. The van der Waals surface area contributed by atoms with Gasteiger partial charge in [-0.3, -0.25) is 9.36 Å². The van der Waals surface area contributed by atoms with Gasteiger partial charge in [-0.1, -0.05) is 18.2 Å². The summed E-state index contributed by atoms with van der Waals surface area (Å²) >= 11 is 0. The highest BCUT2D eigenvalue weighted by Gasteiger charge is 2.09. The molecule has 1 aromatic carbocycles. The molecule has 0 fully saturated rings. The molecular weight excluding hydrogens is 200 g/mol. The van der Waals surface area contributed by atoms with Gasteiger partial charge in [0.25, 0.3) is 5.56 Å². The number of hydrogen-bond acceptors (Lipinski definition) is 1. The molecule has 0 aliphatic carbocycles. The standard InChI is InChI=1S/C13H12N2O/c1-14-11-6-4-3-5-9(11)10-7-8-12(16)15(2)13(10)14/h3-8H,1-2H3. The Bertz CT molecular complexity index is 750. The topological polar surface area (TPSA) is 26.9 Å². The van der Waals surface area contributed by atoms with E-state index in [1.165, 1.54) is 5.39 Å². The van der Waals surface area contributed by atoms with Crippen LogP contribution < -0.4 is 5.56 Å². The highest BCUT2D eigenvalue weighted by atomic mass is 16.1. The summed E-state index contributed by atoms with van der Waals surface area (Å²) in [7, 11) is 3.80. The first kappa shape index (κ1) is 9.21. The molecule has 0 bridgehead atoms. The minimum absolute atomic E-state index is 0.0263. The molecule has 0 saturated carbocycles. The molecule has 0 aliphatic heterocycles. The van der Waals surface area contributed by atoms with Gasteiger partial charge in [0, 0.05) is 30.9 Å². The van der Waals surface area contributed by atoms with E-state index < -0.39 is 0 Å².